The summed E-state index contributed by atoms with van der Waals surface area (Å²) in [7, 11) is 0. The number of benzene rings is 2. The first-order valence-electron chi connectivity index (χ1n) is 12.2. The summed E-state index contributed by atoms with van der Waals surface area (Å²) in [5, 5.41) is 11.4. The molecule has 1 aliphatic heterocycles. The van der Waals surface area contributed by atoms with E-state index in [-0.39, 0.29) is 37.6 Å². The molecule has 8 nitrogen and oxygen atoms in total. The number of ether oxygens (including phenoxy) is 2. The van der Waals surface area contributed by atoms with E-state index in [1.807, 2.05) is 29.2 Å². The number of nitrogens with zero attached hydrogens (tertiary/aromatic N) is 1. The van der Waals surface area contributed by atoms with Gasteiger partial charge in [0.05, 0.1) is 19.1 Å². The summed E-state index contributed by atoms with van der Waals surface area (Å²) in [6, 6.07) is 16.4. The summed E-state index contributed by atoms with van der Waals surface area (Å²) in [6.07, 6.45) is 1.85. The molecule has 0 saturated carbocycles. The van der Waals surface area contributed by atoms with Gasteiger partial charge in [0.1, 0.15) is 6.61 Å². The number of nitrogens with one attached hydrogen (secondary N) is 1. The number of carboxylic acids is 1. The van der Waals surface area contributed by atoms with Crippen molar-refractivity contribution in [3.05, 3.63) is 59.7 Å². The van der Waals surface area contributed by atoms with E-state index in [1.54, 1.807) is 0 Å². The Morgan fingerprint density at radius 3 is 2.20 bits per heavy atom. The molecule has 2 aromatic carbocycles. The largest absolute Gasteiger partial charge is 0.481 e. The van der Waals surface area contributed by atoms with Crippen LogP contribution < -0.4 is 5.32 Å². The second kappa shape index (κ2) is 11.8. The van der Waals surface area contributed by atoms with Crippen LogP contribution in [0.1, 0.15) is 49.1 Å². The first-order valence-corrected chi connectivity index (χ1v) is 12.2. The van der Waals surface area contributed by atoms with Crippen LogP contribution in [0, 0.1) is 0 Å². The number of aliphatic carboxylic acids is 1. The van der Waals surface area contributed by atoms with Crippen LogP contribution in [0.3, 0.4) is 0 Å². The van der Waals surface area contributed by atoms with Crippen LogP contribution in [0.15, 0.2) is 48.5 Å². The average molecular weight is 481 g/mol. The summed E-state index contributed by atoms with van der Waals surface area (Å²) in [6.45, 7) is 2.06. The lowest BCUT2D eigenvalue weighted by molar-refractivity contribution is -0.139. The van der Waals surface area contributed by atoms with E-state index in [2.05, 4.69) is 29.6 Å². The highest BCUT2D eigenvalue weighted by Gasteiger charge is 2.29. The molecule has 2 aromatic rings. The number of carboxylic acid groups (broad SMARTS) is 1. The standard InChI is InChI=1S/C27H32N2O6/c30-25(29-15-11-19(12-16-29)34-17-13-26(31)32)10-5-14-28-27(33)35-18-24-22-8-3-1-6-20(22)21-7-2-4-9-23(21)24/h1-4,6-9,19,24H,5,10-18H2,(H,28,33)(H,31,32). The zero-order chi connectivity index (χ0) is 24.6. The molecule has 4 rings (SSSR count). The summed E-state index contributed by atoms with van der Waals surface area (Å²) in [4.78, 5) is 37.1. The van der Waals surface area contributed by atoms with E-state index in [0.29, 0.717) is 45.3 Å². The second-order valence-electron chi connectivity index (χ2n) is 8.95. The molecule has 2 aliphatic rings. The monoisotopic (exact) mass is 480 g/mol. The van der Waals surface area contributed by atoms with Crippen LogP contribution in [0.4, 0.5) is 4.79 Å². The minimum Gasteiger partial charge on any atom is -0.481 e. The predicted molar refractivity (Wildman–Crippen MR) is 130 cm³/mol. The Hall–Kier alpha value is -3.39. The van der Waals surface area contributed by atoms with E-state index >= 15 is 0 Å². The maximum Gasteiger partial charge on any atom is 0.407 e. The first kappa shape index (κ1) is 24.7. The molecule has 35 heavy (non-hydrogen) atoms. The second-order valence-corrected chi connectivity index (χ2v) is 8.95. The first-order chi connectivity index (χ1) is 17.0. The number of fused-ring (bicyclic) bond motifs is 3. The molecule has 0 radical (unpaired) electrons. The van der Waals surface area contributed by atoms with Crippen LogP contribution in [0.5, 0.6) is 0 Å². The molecule has 0 atom stereocenters. The van der Waals surface area contributed by atoms with Gasteiger partial charge in [0.2, 0.25) is 5.91 Å². The molecule has 1 aliphatic carbocycles. The number of carbonyl (C=O) groups is 3. The third-order valence-electron chi connectivity index (χ3n) is 6.64. The molecule has 186 valence electrons. The van der Waals surface area contributed by atoms with Gasteiger partial charge >= 0.3 is 12.1 Å². The number of carbonyl (C=O) groups excluding carboxylic acids is 2. The number of alkyl carbamates (subject to hydrolysis) is 1. The molecular weight excluding hydrogens is 448 g/mol. The highest BCUT2D eigenvalue weighted by Crippen LogP contribution is 2.44. The van der Waals surface area contributed by atoms with Crippen molar-refractivity contribution in [1.29, 1.82) is 0 Å². The Bertz CT molecular complexity index is 1000. The van der Waals surface area contributed by atoms with Gasteiger partial charge < -0.3 is 24.8 Å². The van der Waals surface area contributed by atoms with Gasteiger partial charge in [-0.25, -0.2) is 4.79 Å². The molecule has 2 amide bonds. The van der Waals surface area contributed by atoms with Gasteiger partial charge in [-0.05, 0) is 41.5 Å². The Balaban J connectivity index is 1.13. The fourth-order valence-corrected chi connectivity index (χ4v) is 4.82. The third-order valence-corrected chi connectivity index (χ3v) is 6.64. The molecule has 0 unspecified atom stereocenters. The highest BCUT2D eigenvalue weighted by atomic mass is 16.5. The lowest BCUT2D eigenvalue weighted by Gasteiger charge is -2.32. The van der Waals surface area contributed by atoms with Gasteiger partial charge in [-0.15, -0.1) is 0 Å². The maximum atomic E-state index is 12.4. The predicted octanol–water partition coefficient (Wildman–Crippen LogP) is 3.79. The minimum absolute atomic E-state index is 0.00415. The molecule has 0 spiro atoms. The van der Waals surface area contributed by atoms with Crippen molar-refractivity contribution < 1.29 is 29.0 Å². The van der Waals surface area contributed by atoms with E-state index in [0.717, 1.165) is 0 Å². The normalized spacial score (nSPS) is 15.4. The van der Waals surface area contributed by atoms with Crippen molar-refractivity contribution in [2.45, 2.75) is 44.1 Å². The highest BCUT2D eigenvalue weighted by molar-refractivity contribution is 5.79. The maximum absolute atomic E-state index is 12.4. The van der Waals surface area contributed by atoms with Gasteiger partial charge in [0.25, 0.3) is 0 Å². The van der Waals surface area contributed by atoms with Crippen molar-refractivity contribution >= 4 is 18.0 Å². The molecule has 1 saturated heterocycles. The summed E-state index contributed by atoms with van der Waals surface area (Å²) >= 11 is 0. The van der Waals surface area contributed by atoms with E-state index in [1.165, 1.54) is 22.3 Å². The molecule has 1 heterocycles. The zero-order valence-corrected chi connectivity index (χ0v) is 19.8. The van der Waals surface area contributed by atoms with E-state index in [9.17, 15) is 14.4 Å². The van der Waals surface area contributed by atoms with Crippen molar-refractivity contribution in [2.75, 3.05) is 32.8 Å². The lowest BCUT2D eigenvalue weighted by Crippen LogP contribution is -2.41. The number of rotatable bonds is 10. The summed E-state index contributed by atoms with van der Waals surface area (Å²) in [5.74, 6) is -0.793. The van der Waals surface area contributed by atoms with E-state index < -0.39 is 12.1 Å². The number of likely N-dealkylation sites (tertiary alicyclic amines) is 1. The van der Waals surface area contributed by atoms with Crippen molar-refractivity contribution in [2.24, 2.45) is 0 Å². The Kier molecular flexibility index (Phi) is 8.36. The minimum atomic E-state index is -0.871. The van der Waals surface area contributed by atoms with Gasteiger partial charge in [0, 0.05) is 32.0 Å². The van der Waals surface area contributed by atoms with Gasteiger partial charge in [-0.1, -0.05) is 48.5 Å². The topological polar surface area (TPSA) is 105 Å². The molecule has 0 bridgehead atoms. The van der Waals surface area contributed by atoms with Crippen LogP contribution >= 0.6 is 0 Å². The number of amides is 2. The smallest absolute Gasteiger partial charge is 0.407 e. The molecule has 1 fully saturated rings. The Labute approximate surface area is 205 Å². The Morgan fingerprint density at radius 1 is 0.943 bits per heavy atom. The third kappa shape index (κ3) is 6.39. The van der Waals surface area contributed by atoms with Gasteiger partial charge in [0.15, 0.2) is 0 Å². The number of hydrogen-bond acceptors (Lipinski definition) is 5. The summed E-state index contributed by atoms with van der Waals surface area (Å²) < 4.78 is 11.1. The number of piperidine rings is 1. The van der Waals surface area contributed by atoms with Crippen LogP contribution in [-0.2, 0) is 19.1 Å². The zero-order valence-electron chi connectivity index (χ0n) is 19.8. The summed E-state index contributed by atoms with van der Waals surface area (Å²) in [5.41, 5.74) is 4.71. The van der Waals surface area contributed by atoms with Crippen LogP contribution in [0.25, 0.3) is 11.1 Å². The van der Waals surface area contributed by atoms with Crippen molar-refractivity contribution in [1.82, 2.24) is 10.2 Å². The fourth-order valence-electron chi connectivity index (χ4n) is 4.82. The lowest BCUT2D eigenvalue weighted by atomic mass is 9.98. The molecule has 8 heteroatoms. The quantitative estimate of drug-likeness (QED) is 0.502. The SMILES string of the molecule is O=C(O)CCOC1CCN(C(=O)CCCNC(=O)OCC2c3ccccc3-c3ccccc32)CC1. The van der Waals surface area contributed by atoms with Gasteiger partial charge in [-0.2, -0.15) is 0 Å². The molecular formula is C27H32N2O6. The van der Waals surface area contributed by atoms with Crippen LogP contribution in [0.2, 0.25) is 0 Å². The van der Waals surface area contributed by atoms with Crippen molar-refractivity contribution in [3.8, 4) is 11.1 Å². The average Bonchev–Trinajstić information content (AvgIpc) is 3.19. The molecule has 0 aromatic heterocycles. The Morgan fingerprint density at radius 2 is 1.57 bits per heavy atom. The fraction of sp³-hybridized carbons (Fsp3) is 0.444. The van der Waals surface area contributed by atoms with Gasteiger partial charge in [-0.3, -0.25) is 9.59 Å². The number of hydrogen-bond donors (Lipinski definition) is 2. The van der Waals surface area contributed by atoms with E-state index in [4.69, 9.17) is 14.6 Å². The van der Waals surface area contributed by atoms with Crippen LogP contribution in [-0.4, -0.2) is 66.9 Å². The van der Waals surface area contributed by atoms with Crippen molar-refractivity contribution in [3.63, 3.8) is 0 Å². The molecule has 2 N–H and O–H groups in total.